The van der Waals surface area contributed by atoms with Crippen LogP contribution in [-0.2, 0) is 14.3 Å². The van der Waals surface area contributed by atoms with Gasteiger partial charge in [-0.25, -0.2) is 18.4 Å². The molecule has 2 saturated heterocycles. The van der Waals surface area contributed by atoms with Gasteiger partial charge in [-0.3, -0.25) is 4.90 Å². The van der Waals surface area contributed by atoms with Crippen LogP contribution >= 0.6 is 0 Å². The number of alkyl halides is 2. The SMILES string of the molecule is COC(=O)N1COC(=O)C1CCN1CCC(F)(F)CC1. The van der Waals surface area contributed by atoms with Gasteiger partial charge in [0, 0.05) is 32.5 Å². The summed E-state index contributed by atoms with van der Waals surface area (Å²) in [5.41, 5.74) is 0. The van der Waals surface area contributed by atoms with E-state index in [-0.39, 0.29) is 19.6 Å². The van der Waals surface area contributed by atoms with Crippen molar-refractivity contribution in [2.24, 2.45) is 0 Å². The van der Waals surface area contributed by atoms with E-state index in [1.807, 2.05) is 4.90 Å². The zero-order chi connectivity index (χ0) is 14.8. The molecule has 0 aliphatic carbocycles. The Balaban J connectivity index is 1.83. The summed E-state index contributed by atoms with van der Waals surface area (Å²) in [5.74, 6) is -3.06. The van der Waals surface area contributed by atoms with Crippen molar-refractivity contribution in [3.8, 4) is 0 Å². The molecule has 2 fully saturated rings. The van der Waals surface area contributed by atoms with Crippen LogP contribution in [0.4, 0.5) is 13.6 Å². The molecule has 0 aromatic heterocycles. The van der Waals surface area contributed by atoms with E-state index in [1.165, 1.54) is 12.0 Å². The molecule has 1 unspecified atom stereocenters. The summed E-state index contributed by atoms with van der Waals surface area (Å²) in [6, 6.07) is -0.690. The van der Waals surface area contributed by atoms with Gasteiger partial charge in [-0.05, 0) is 6.42 Å². The number of carbonyl (C=O) groups excluding carboxylic acids is 2. The molecule has 1 atom stereocenters. The van der Waals surface area contributed by atoms with Crippen molar-refractivity contribution >= 4 is 12.1 Å². The summed E-state index contributed by atoms with van der Waals surface area (Å²) in [6.07, 6.45) is -0.587. The molecule has 2 aliphatic heterocycles. The lowest BCUT2D eigenvalue weighted by Crippen LogP contribution is -2.43. The van der Waals surface area contributed by atoms with Gasteiger partial charge < -0.3 is 14.4 Å². The predicted molar refractivity (Wildman–Crippen MR) is 64.2 cm³/mol. The van der Waals surface area contributed by atoms with E-state index in [2.05, 4.69) is 4.74 Å². The first-order valence-corrected chi connectivity index (χ1v) is 6.54. The average molecular weight is 292 g/mol. The minimum Gasteiger partial charge on any atom is -0.453 e. The molecule has 6 nitrogen and oxygen atoms in total. The minimum absolute atomic E-state index is 0.117. The van der Waals surface area contributed by atoms with E-state index in [0.717, 1.165) is 0 Å². The standard InChI is InChI=1S/C12H18F2N2O4/c1-19-11(18)16-8-20-10(17)9(16)2-5-15-6-3-12(13,14)4-7-15/h9H,2-8H2,1H3. The number of carbonyl (C=O) groups is 2. The molecule has 1 amide bonds. The molecule has 0 saturated carbocycles. The van der Waals surface area contributed by atoms with Gasteiger partial charge in [-0.2, -0.15) is 0 Å². The van der Waals surface area contributed by atoms with Gasteiger partial charge in [-0.15, -0.1) is 0 Å². The van der Waals surface area contributed by atoms with Gasteiger partial charge in [-0.1, -0.05) is 0 Å². The van der Waals surface area contributed by atoms with Crippen LogP contribution in [0.5, 0.6) is 0 Å². The molecule has 0 N–H and O–H groups in total. The van der Waals surface area contributed by atoms with Crippen molar-refractivity contribution in [2.75, 3.05) is 33.5 Å². The molecule has 0 aromatic carbocycles. The van der Waals surface area contributed by atoms with Crippen molar-refractivity contribution in [3.05, 3.63) is 0 Å². The molecule has 8 heteroatoms. The second-order valence-electron chi connectivity index (χ2n) is 5.03. The number of halogens is 2. The molecular weight excluding hydrogens is 274 g/mol. The van der Waals surface area contributed by atoms with Crippen LogP contribution < -0.4 is 0 Å². The first kappa shape index (κ1) is 15.0. The van der Waals surface area contributed by atoms with Gasteiger partial charge >= 0.3 is 12.1 Å². The number of ether oxygens (including phenoxy) is 2. The Hall–Kier alpha value is -1.44. The van der Waals surface area contributed by atoms with Crippen LogP contribution in [0.2, 0.25) is 0 Å². The smallest absolute Gasteiger partial charge is 0.412 e. The Morgan fingerprint density at radius 2 is 2.10 bits per heavy atom. The molecule has 2 heterocycles. The predicted octanol–water partition coefficient (Wildman–Crippen LogP) is 1.06. The maximum Gasteiger partial charge on any atom is 0.412 e. The second-order valence-corrected chi connectivity index (χ2v) is 5.03. The fourth-order valence-corrected chi connectivity index (χ4v) is 2.43. The van der Waals surface area contributed by atoms with Crippen LogP contribution in [-0.4, -0.2) is 67.3 Å². The fraction of sp³-hybridized carbons (Fsp3) is 0.833. The summed E-state index contributed by atoms with van der Waals surface area (Å²) >= 11 is 0. The Morgan fingerprint density at radius 1 is 1.45 bits per heavy atom. The number of cyclic esters (lactones) is 1. The lowest BCUT2D eigenvalue weighted by molar-refractivity contribution is -0.139. The molecule has 0 aromatic rings. The number of esters is 1. The normalized spacial score (nSPS) is 26.4. The van der Waals surface area contributed by atoms with E-state index in [4.69, 9.17) is 4.74 Å². The molecule has 2 aliphatic rings. The second kappa shape index (κ2) is 5.90. The first-order valence-electron chi connectivity index (χ1n) is 6.54. The Kier molecular flexibility index (Phi) is 4.42. The summed E-state index contributed by atoms with van der Waals surface area (Å²) in [4.78, 5) is 26.1. The number of rotatable bonds is 3. The van der Waals surface area contributed by atoms with Crippen molar-refractivity contribution in [1.82, 2.24) is 9.80 Å². The van der Waals surface area contributed by atoms with E-state index < -0.39 is 24.0 Å². The number of likely N-dealkylation sites (tertiary alicyclic amines) is 1. The van der Waals surface area contributed by atoms with Crippen LogP contribution in [0, 0.1) is 0 Å². The third-order valence-electron chi connectivity index (χ3n) is 3.71. The first-order chi connectivity index (χ1) is 9.43. The van der Waals surface area contributed by atoms with Gasteiger partial charge in [0.1, 0.15) is 6.04 Å². The maximum atomic E-state index is 13.0. The number of hydrogen-bond acceptors (Lipinski definition) is 5. The van der Waals surface area contributed by atoms with Crippen molar-refractivity contribution in [3.63, 3.8) is 0 Å². The van der Waals surface area contributed by atoms with Gasteiger partial charge in [0.2, 0.25) is 0 Å². The molecule has 20 heavy (non-hydrogen) atoms. The molecule has 0 radical (unpaired) electrons. The number of piperidine rings is 1. The number of nitrogens with zero attached hydrogens (tertiary/aromatic N) is 2. The van der Waals surface area contributed by atoms with Crippen molar-refractivity contribution in [2.45, 2.75) is 31.2 Å². The fourth-order valence-electron chi connectivity index (χ4n) is 2.43. The van der Waals surface area contributed by atoms with E-state index in [0.29, 0.717) is 26.1 Å². The monoisotopic (exact) mass is 292 g/mol. The third kappa shape index (κ3) is 3.36. The van der Waals surface area contributed by atoms with Crippen LogP contribution in [0.15, 0.2) is 0 Å². The van der Waals surface area contributed by atoms with Crippen LogP contribution in [0.1, 0.15) is 19.3 Å². The van der Waals surface area contributed by atoms with Crippen LogP contribution in [0.25, 0.3) is 0 Å². The highest BCUT2D eigenvalue weighted by molar-refractivity contribution is 5.83. The van der Waals surface area contributed by atoms with E-state index >= 15 is 0 Å². The molecule has 114 valence electrons. The lowest BCUT2D eigenvalue weighted by atomic mass is 10.1. The Bertz CT molecular complexity index is 382. The highest BCUT2D eigenvalue weighted by Crippen LogP contribution is 2.28. The summed E-state index contributed by atoms with van der Waals surface area (Å²) < 4.78 is 35.4. The molecule has 0 spiro atoms. The summed E-state index contributed by atoms with van der Waals surface area (Å²) in [6.45, 7) is 0.956. The Labute approximate surface area is 115 Å². The third-order valence-corrected chi connectivity index (χ3v) is 3.71. The highest BCUT2D eigenvalue weighted by atomic mass is 19.3. The molecular formula is C12H18F2N2O4. The highest BCUT2D eigenvalue weighted by Gasteiger charge is 2.39. The Morgan fingerprint density at radius 3 is 2.70 bits per heavy atom. The zero-order valence-electron chi connectivity index (χ0n) is 11.3. The largest absolute Gasteiger partial charge is 0.453 e. The van der Waals surface area contributed by atoms with Gasteiger partial charge in [0.25, 0.3) is 5.92 Å². The molecule has 2 rings (SSSR count). The van der Waals surface area contributed by atoms with Crippen molar-refractivity contribution in [1.29, 1.82) is 0 Å². The topological polar surface area (TPSA) is 59.1 Å². The van der Waals surface area contributed by atoms with E-state index in [9.17, 15) is 18.4 Å². The van der Waals surface area contributed by atoms with Crippen molar-refractivity contribution < 1.29 is 27.8 Å². The summed E-state index contributed by atoms with van der Waals surface area (Å²) in [7, 11) is 1.23. The summed E-state index contributed by atoms with van der Waals surface area (Å²) in [5, 5.41) is 0. The van der Waals surface area contributed by atoms with Gasteiger partial charge in [0.15, 0.2) is 6.73 Å². The van der Waals surface area contributed by atoms with E-state index in [1.54, 1.807) is 0 Å². The quantitative estimate of drug-likeness (QED) is 0.728. The average Bonchev–Trinajstić information content (AvgIpc) is 2.78. The number of hydrogen-bond donors (Lipinski definition) is 0. The number of amides is 1. The number of methoxy groups -OCH3 is 1. The molecule has 0 bridgehead atoms. The maximum absolute atomic E-state index is 13.0. The minimum atomic E-state index is -2.58. The lowest BCUT2D eigenvalue weighted by Gasteiger charge is -2.32. The van der Waals surface area contributed by atoms with Gasteiger partial charge in [0.05, 0.1) is 7.11 Å². The zero-order valence-corrected chi connectivity index (χ0v) is 11.3. The van der Waals surface area contributed by atoms with Crippen LogP contribution in [0.3, 0.4) is 0 Å².